The van der Waals surface area contributed by atoms with Crippen molar-refractivity contribution in [3.8, 4) is 0 Å². The number of carbonyl (C=O) groups is 1. The van der Waals surface area contributed by atoms with Gasteiger partial charge in [-0.2, -0.15) is 0 Å². The number of nitrogens with zero attached hydrogens (tertiary/aromatic N) is 1. The van der Waals surface area contributed by atoms with E-state index < -0.39 is 0 Å². The molecular formula is C16H19N3O2S2. The Morgan fingerprint density at radius 1 is 1.57 bits per heavy atom. The van der Waals surface area contributed by atoms with Gasteiger partial charge in [0.15, 0.2) is 3.95 Å². The number of thiazole rings is 1. The number of benzene rings is 1. The number of hydrogen-bond acceptors (Lipinski definition) is 5. The number of nitrogens with two attached hydrogens (primary N) is 1. The molecule has 0 bridgehead atoms. The second kappa shape index (κ2) is 6.82. The number of aryl methyl sites for hydroxylation is 1. The molecule has 3 rings (SSSR count). The van der Waals surface area contributed by atoms with Crippen LogP contribution in [0.1, 0.15) is 28.1 Å². The molecule has 1 atom stereocenters. The summed E-state index contributed by atoms with van der Waals surface area (Å²) in [5.41, 5.74) is 7.99. The minimum absolute atomic E-state index is 0.131. The third-order valence-corrected chi connectivity index (χ3v) is 5.29. The summed E-state index contributed by atoms with van der Waals surface area (Å²) in [4.78, 5) is 12.9. The highest BCUT2D eigenvalue weighted by Crippen LogP contribution is 2.26. The van der Waals surface area contributed by atoms with Crippen LogP contribution in [0, 0.1) is 10.9 Å². The first-order valence-electron chi connectivity index (χ1n) is 7.53. The molecule has 5 nitrogen and oxygen atoms in total. The molecule has 23 heavy (non-hydrogen) atoms. The van der Waals surface area contributed by atoms with Crippen molar-refractivity contribution in [3.63, 3.8) is 0 Å². The highest BCUT2D eigenvalue weighted by molar-refractivity contribution is 7.73. The molecule has 1 aromatic carbocycles. The summed E-state index contributed by atoms with van der Waals surface area (Å²) < 4.78 is 8.04. The lowest BCUT2D eigenvalue weighted by Crippen LogP contribution is -2.18. The summed E-state index contributed by atoms with van der Waals surface area (Å²) >= 11 is 6.61. The average Bonchev–Trinajstić information content (AvgIpc) is 3.11. The molecule has 0 aliphatic carbocycles. The van der Waals surface area contributed by atoms with Gasteiger partial charge < -0.3 is 20.4 Å². The largest absolute Gasteiger partial charge is 0.384 e. The zero-order chi connectivity index (χ0) is 16.4. The summed E-state index contributed by atoms with van der Waals surface area (Å²) in [7, 11) is 0. The number of hydrogen-bond donors (Lipinski definition) is 2. The summed E-state index contributed by atoms with van der Waals surface area (Å²) in [5.74, 6) is 0.191. The molecule has 7 heteroatoms. The Labute approximate surface area is 144 Å². The molecule has 2 heterocycles. The van der Waals surface area contributed by atoms with Gasteiger partial charge in [0.05, 0.1) is 12.6 Å². The van der Waals surface area contributed by atoms with E-state index in [0.717, 1.165) is 30.7 Å². The van der Waals surface area contributed by atoms with Crippen LogP contribution < -0.4 is 11.1 Å². The van der Waals surface area contributed by atoms with Gasteiger partial charge in [-0.1, -0.05) is 23.5 Å². The quantitative estimate of drug-likeness (QED) is 0.828. The maximum atomic E-state index is 12.5. The molecule has 1 fully saturated rings. The first kappa shape index (κ1) is 16.2. The van der Waals surface area contributed by atoms with E-state index in [1.165, 1.54) is 11.3 Å². The van der Waals surface area contributed by atoms with Crippen LogP contribution in [0.4, 0.5) is 11.5 Å². The molecule has 1 saturated heterocycles. The predicted molar refractivity (Wildman–Crippen MR) is 95.7 cm³/mol. The fraction of sp³-hybridized carbons (Fsp3) is 0.375. The zero-order valence-electron chi connectivity index (χ0n) is 12.9. The third-order valence-electron chi connectivity index (χ3n) is 3.83. The van der Waals surface area contributed by atoms with Crippen LogP contribution in [0.5, 0.6) is 0 Å². The van der Waals surface area contributed by atoms with Crippen molar-refractivity contribution in [3.05, 3.63) is 38.7 Å². The van der Waals surface area contributed by atoms with Crippen LogP contribution in [-0.2, 0) is 11.3 Å². The van der Waals surface area contributed by atoms with Crippen LogP contribution >= 0.6 is 23.6 Å². The minimum atomic E-state index is -0.227. The van der Waals surface area contributed by atoms with Crippen molar-refractivity contribution < 1.29 is 9.53 Å². The van der Waals surface area contributed by atoms with Gasteiger partial charge in [-0.05, 0) is 49.7 Å². The van der Waals surface area contributed by atoms with E-state index in [0.29, 0.717) is 21.2 Å². The maximum absolute atomic E-state index is 12.5. The SMILES string of the molecule is Cc1cccc(NC(=O)c2sc(=S)n(C[C@H]3CCCO3)c2N)c1. The Kier molecular flexibility index (Phi) is 4.79. The molecule has 1 aliphatic heterocycles. The molecule has 1 aromatic heterocycles. The minimum Gasteiger partial charge on any atom is -0.384 e. The second-order valence-electron chi connectivity index (χ2n) is 5.65. The Morgan fingerprint density at radius 2 is 2.39 bits per heavy atom. The monoisotopic (exact) mass is 349 g/mol. The van der Waals surface area contributed by atoms with Crippen molar-refractivity contribution in [1.82, 2.24) is 4.57 Å². The van der Waals surface area contributed by atoms with Crippen molar-refractivity contribution in [2.45, 2.75) is 32.4 Å². The van der Waals surface area contributed by atoms with E-state index in [1.54, 1.807) is 4.57 Å². The predicted octanol–water partition coefficient (Wildman–Crippen LogP) is 3.60. The number of aromatic nitrogens is 1. The molecule has 0 spiro atoms. The fourth-order valence-electron chi connectivity index (χ4n) is 2.65. The number of ether oxygens (including phenoxy) is 1. The summed E-state index contributed by atoms with van der Waals surface area (Å²) in [6.07, 6.45) is 2.19. The molecule has 122 valence electrons. The fourth-order valence-corrected chi connectivity index (χ4v) is 3.89. The summed E-state index contributed by atoms with van der Waals surface area (Å²) in [6, 6.07) is 7.64. The van der Waals surface area contributed by atoms with Crippen LogP contribution in [0.25, 0.3) is 0 Å². The van der Waals surface area contributed by atoms with Crippen LogP contribution in [-0.4, -0.2) is 23.2 Å². The Hall–Kier alpha value is -1.70. The number of nitrogen functional groups attached to an aromatic ring is 1. The van der Waals surface area contributed by atoms with Gasteiger partial charge in [-0.15, -0.1) is 0 Å². The molecule has 1 amide bonds. The van der Waals surface area contributed by atoms with Gasteiger partial charge in [-0.25, -0.2) is 0 Å². The molecule has 3 N–H and O–H groups in total. The van der Waals surface area contributed by atoms with Crippen molar-refractivity contribution in [1.29, 1.82) is 0 Å². The number of nitrogens with one attached hydrogen (secondary N) is 1. The van der Waals surface area contributed by atoms with Gasteiger partial charge in [0.25, 0.3) is 5.91 Å². The molecule has 1 aliphatic rings. The van der Waals surface area contributed by atoms with Crippen LogP contribution in [0.2, 0.25) is 0 Å². The standard InChI is InChI=1S/C16H19N3O2S2/c1-10-4-2-5-11(8-10)18-15(20)13-14(17)19(16(22)23-13)9-12-6-3-7-21-12/h2,4-5,8,12H,3,6-7,9,17H2,1H3,(H,18,20)/t12-/m1/s1. The van der Waals surface area contributed by atoms with Gasteiger partial charge in [0, 0.05) is 12.3 Å². The average molecular weight is 349 g/mol. The lowest BCUT2D eigenvalue weighted by atomic mass is 10.2. The molecule has 0 radical (unpaired) electrons. The lowest BCUT2D eigenvalue weighted by Gasteiger charge is -2.12. The van der Waals surface area contributed by atoms with Crippen LogP contribution in [0.15, 0.2) is 24.3 Å². The number of amides is 1. The number of anilines is 2. The third kappa shape index (κ3) is 3.63. The summed E-state index contributed by atoms with van der Waals surface area (Å²) in [5, 5.41) is 2.87. The van der Waals surface area contributed by atoms with E-state index in [4.69, 9.17) is 22.7 Å². The Bertz CT molecular complexity index is 776. The molecule has 2 aromatic rings. The van der Waals surface area contributed by atoms with Gasteiger partial charge in [0.2, 0.25) is 0 Å². The van der Waals surface area contributed by atoms with E-state index in [9.17, 15) is 4.79 Å². The Balaban J connectivity index is 1.79. The van der Waals surface area contributed by atoms with E-state index in [-0.39, 0.29) is 12.0 Å². The first-order chi connectivity index (χ1) is 11.0. The van der Waals surface area contributed by atoms with Gasteiger partial charge in [0.1, 0.15) is 10.7 Å². The molecule has 0 saturated carbocycles. The lowest BCUT2D eigenvalue weighted by molar-refractivity contribution is 0.0970. The maximum Gasteiger partial charge on any atom is 0.269 e. The first-order valence-corrected chi connectivity index (χ1v) is 8.76. The van der Waals surface area contributed by atoms with Gasteiger partial charge in [-0.3, -0.25) is 4.79 Å². The van der Waals surface area contributed by atoms with Crippen LogP contribution in [0.3, 0.4) is 0 Å². The highest BCUT2D eigenvalue weighted by Gasteiger charge is 2.22. The number of rotatable bonds is 4. The van der Waals surface area contributed by atoms with Crippen molar-refractivity contribution >= 4 is 41.0 Å². The second-order valence-corrected chi connectivity index (χ2v) is 7.30. The topological polar surface area (TPSA) is 69.3 Å². The van der Waals surface area contributed by atoms with Crippen molar-refractivity contribution in [2.24, 2.45) is 0 Å². The normalized spacial score (nSPS) is 17.3. The summed E-state index contributed by atoms with van der Waals surface area (Å²) in [6.45, 7) is 3.37. The zero-order valence-corrected chi connectivity index (χ0v) is 14.5. The van der Waals surface area contributed by atoms with E-state index >= 15 is 0 Å². The van der Waals surface area contributed by atoms with Crippen molar-refractivity contribution in [2.75, 3.05) is 17.7 Å². The number of carbonyl (C=O) groups excluding carboxylic acids is 1. The highest BCUT2D eigenvalue weighted by atomic mass is 32.1. The smallest absolute Gasteiger partial charge is 0.269 e. The van der Waals surface area contributed by atoms with E-state index in [1.807, 2.05) is 31.2 Å². The molecule has 0 unspecified atom stereocenters. The molecular weight excluding hydrogens is 330 g/mol. The van der Waals surface area contributed by atoms with E-state index in [2.05, 4.69) is 5.32 Å². The van der Waals surface area contributed by atoms with Gasteiger partial charge >= 0.3 is 0 Å². The Morgan fingerprint density at radius 3 is 3.09 bits per heavy atom.